The Hall–Kier alpha value is -6.38. The quantitative estimate of drug-likeness (QED) is 0.134. The third-order valence-electron chi connectivity index (χ3n) is 8.91. The van der Waals surface area contributed by atoms with Crippen LogP contribution in [0.15, 0.2) is 195 Å². The van der Waals surface area contributed by atoms with Crippen LogP contribution in [0.2, 0.25) is 0 Å². The fourth-order valence-corrected chi connectivity index (χ4v) is 6.28. The molecule has 6 rings (SSSR count). The fraction of sp³-hybridized carbons (Fsp3) is 0.0800. The van der Waals surface area contributed by atoms with Gasteiger partial charge in [-0.25, -0.2) is 0 Å². The molecule has 0 fully saturated rings. The molecule has 258 valence electrons. The van der Waals surface area contributed by atoms with E-state index in [1.807, 2.05) is 30.4 Å². The Morgan fingerprint density at radius 3 is 2.19 bits per heavy atom. The number of benzene rings is 6. The average Bonchev–Trinajstić information content (AvgIpc) is 3.18. The van der Waals surface area contributed by atoms with Crippen LogP contribution in [0.5, 0.6) is 0 Å². The molecule has 2 heteroatoms. The van der Waals surface area contributed by atoms with Crippen LogP contribution in [0.25, 0.3) is 38.3 Å². The molecule has 0 aliphatic rings. The first-order valence-corrected chi connectivity index (χ1v) is 17.8. The summed E-state index contributed by atoms with van der Waals surface area (Å²) in [6, 6.07) is 44.9. The molecule has 3 N–H and O–H groups in total. The number of hydrogen-bond donors (Lipinski definition) is 2. The van der Waals surface area contributed by atoms with Gasteiger partial charge < -0.3 is 11.1 Å². The highest BCUT2D eigenvalue weighted by molar-refractivity contribution is 6.04. The van der Waals surface area contributed by atoms with Crippen molar-refractivity contribution in [3.05, 3.63) is 223 Å². The summed E-state index contributed by atoms with van der Waals surface area (Å²) in [5.41, 5.74) is 16.2. The lowest BCUT2D eigenvalue weighted by Crippen LogP contribution is -1.98. The van der Waals surface area contributed by atoms with E-state index < -0.39 is 0 Å². The van der Waals surface area contributed by atoms with Crippen LogP contribution in [0, 0.1) is 6.92 Å². The number of aryl methyl sites for hydroxylation is 1. The Morgan fingerprint density at radius 2 is 1.44 bits per heavy atom. The van der Waals surface area contributed by atoms with Gasteiger partial charge in [-0.2, -0.15) is 0 Å². The molecule has 0 atom stereocenters. The van der Waals surface area contributed by atoms with Gasteiger partial charge >= 0.3 is 0 Å². The Balaban J connectivity index is 0.000000679. The number of para-hydroxylation sites is 1. The topological polar surface area (TPSA) is 38.0 Å². The molecule has 0 saturated carbocycles. The second-order valence-corrected chi connectivity index (χ2v) is 12.4. The Labute approximate surface area is 310 Å². The Morgan fingerprint density at radius 1 is 0.712 bits per heavy atom. The SMILES string of the molecule is C=C/C=C(/c1ccc2c(Nc3ccccc3)c(C(=C)/C=C\C(=C/C)c3cccc4ccccc34)ccc2c1)c1ccccc1C.CC/C=C\C=C/N. The number of allylic oxidation sites excluding steroid dienone is 10. The number of fused-ring (bicyclic) bond motifs is 2. The van der Waals surface area contributed by atoms with Gasteiger partial charge in [0, 0.05) is 16.6 Å². The summed E-state index contributed by atoms with van der Waals surface area (Å²) in [5, 5.41) is 8.49. The van der Waals surface area contributed by atoms with Crippen LogP contribution in [-0.2, 0) is 0 Å². The molecule has 0 aliphatic carbocycles. The van der Waals surface area contributed by atoms with Crippen molar-refractivity contribution in [2.75, 3.05) is 5.32 Å². The molecular formula is C50H48N2. The lowest BCUT2D eigenvalue weighted by atomic mass is 9.91. The standard InChI is InChI=1S/C44H37N.C6H11N/c1-5-15-40(38-21-12-10-16-31(38)3)35-27-29-43-36(30-35)26-28-39(44(43)45-37-19-8-7-9-20-37)32(4)24-25-33(6-2)41-23-14-18-34-17-11-13-22-42(34)41;1-2-3-4-5-6-7/h5-30,45H,1,4H2,2-3H3;3-6H,2,7H2,1H3/b25-24-,33-6+,40-15-;4-3-,6-5-. The molecule has 2 nitrogen and oxygen atoms in total. The predicted molar refractivity (Wildman–Crippen MR) is 231 cm³/mol. The maximum atomic E-state index is 5.04. The van der Waals surface area contributed by atoms with Crippen molar-refractivity contribution < 1.29 is 0 Å². The molecule has 0 heterocycles. The summed E-state index contributed by atoms with van der Waals surface area (Å²) in [7, 11) is 0. The number of anilines is 2. The summed E-state index contributed by atoms with van der Waals surface area (Å²) < 4.78 is 0. The van der Waals surface area contributed by atoms with E-state index in [1.54, 1.807) is 0 Å². The Bertz CT molecular complexity index is 2310. The van der Waals surface area contributed by atoms with Gasteiger partial charge in [0.2, 0.25) is 0 Å². The maximum Gasteiger partial charge on any atom is 0.0543 e. The number of nitrogens with one attached hydrogen (secondary N) is 1. The molecule has 6 aromatic carbocycles. The van der Waals surface area contributed by atoms with Gasteiger partial charge in [-0.15, -0.1) is 0 Å². The molecule has 6 aromatic rings. The van der Waals surface area contributed by atoms with Crippen molar-refractivity contribution in [2.45, 2.75) is 27.2 Å². The number of nitrogens with two attached hydrogens (primary N) is 1. The minimum atomic E-state index is 0.936. The van der Waals surface area contributed by atoms with Gasteiger partial charge in [0.15, 0.2) is 0 Å². The van der Waals surface area contributed by atoms with E-state index >= 15 is 0 Å². The van der Waals surface area contributed by atoms with Gasteiger partial charge in [0.25, 0.3) is 0 Å². The van der Waals surface area contributed by atoms with E-state index in [-0.39, 0.29) is 0 Å². The van der Waals surface area contributed by atoms with E-state index in [4.69, 9.17) is 5.73 Å². The van der Waals surface area contributed by atoms with E-state index in [1.165, 1.54) is 33.7 Å². The summed E-state index contributed by atoms with van der Waals surface area (Å²) in [6.07, 6.45) is 18.8. The van der Waals surface area contributed by atoms with E-state index in [0.717, 1.165) is 56.4 Å². The molecule has 0 spiro atoms. The summed E-state index contributed by atoms with van der Waals surface area (Å²) in [4.78, 5) is 0. The first-order valence-electron chi connectivity index (χ1n) is 17.8. The van der Waals surface area contributed by atoms with E-state index in [0.29, 0.717) is 0 Å². The first-order chi connectivity index (χ1) is 25.5. The van der Waals surface area contributed by atoms with Crippen LogP contribution in [0.1, 0.15) is 48.1 Å². The molecule has 0 bridgehead atoms. The summed E-state index contributed by atoms with van der Waals surface area (Å²) in [6.45, 7) is 14.9. The highest BCUT2D eigenvalue weighted by atomic mass is 14.9. The van der Waals surface area contributed by atoms with Crippen molar-refractivity contribution in [1.29, 1.82) is 0 Å². The highest BCUT2D eigenvalue weighted by Crippen LogP contribution is 2.37. The Kier molecular flexibility index (Phi) is 13.2. The van der Waals surface area contributed by atoms with Crippen molar-refractivity contribution in [3.8, 4) is 0 Å². The largest absolute Gasteiger partial charge is 0.405 e. The molecular weight excluding hydrogens is 629 g/mol. The second kappa shape index (κ2) is 18.6. The third kappa shape index (κ3) is 9.04. The minimum Gasteiger partial charge on any atom is -0.405 e. The predicted octanol–water partition coefficient (Wildman–Crippen LogP) is 13.8. The van der Waals surface area contributed by atoms with Gasteiger partial charge in [-0.3, -0.25) is 0 Å². The fourth-order valence-electron chi connectivity index (χ4n) is 6.28. The minimum absolute atomic E-state index is 0.936. The first kappa shape index (κ1) is 36.9. The van der Waals surface area contributed by atoms with Crippen molar-refractivity contribution in [3.63, 3.8) is 0 Å². The lowest BCUT2D eigenvalue weighted by Gasteiger charge is -2.18. The zero-order valence-electron chi connectivity index (χ0n) is 30.5. The third-order valence-corrected chi connectivity index (χ3v) is 8.91. The average molecular weight is 677 g/mol. The van der Waals surface area contributed by atoms with Gasteiger partial charge in [-0.1, -0.05) is 172 Å². The van der Waals surface area contributed by atoms with Crippen LogP contribution >= 0.6 is 0 Å². The zero-order chi connectivity index (χ0) is 36.7. The number of rotatable bonds is 11. The second-order valence-electron chi connectivity index (χ2n) is 12.4. The highest BCUT2D eigenvalue weighted by Gasteiger charge is 2.14. The molecule has 0 unspecified atom stereocenters. The zero-order valence-corrected chi connectivity index (χ0v) is 30.5. The van der Waals surface area contributed by atoms with Gasteiger partial charge in [-0.05, 0) is 106 Å². The van der Waals surface area contributed by atoms with Crippen LogP contribution < -0.4 is 11.1 Å². The van der Waals surface area contributed by atoms with E-state index in [9.17, 15) is 0 Å². The molecule has 0 aromatic heterocycles. The molecule has 0 saturated heterocycles. The molecule has 0 aliphatic heterocycles. The van der Waals surface area contributed by atoms with Crippen molar-refractivity contribution >= 4 is 49.6 Å². The van der Waals surface area contributed by atoms with Gasteiger partial charge in [0.1, 0.15) is 0 Å². The van der Waals surface area contributed by atoms with Crippen LogP contribution in [-0.4, -0.2) is 0 Å². The lowest BCUT2D eigenvalue weighted by molar-refractivity contribution is 1.22. The van der Waals surface area contributed by atoms with Crippen molar-refractivity contribution in [2.24, 2.45) is 5.73 Å². The summed E-state index contributed by atoms with van der Waals surface area (Å²) >= 11 is 0. The molecule has 0 amide bonds. The van der Waals surface area contributed by atoms with Gasteiger partial charge in [0.05, 0.1) is 5.69 Å². The normalized spacial score (nSPS) is 12.1. The monoisotopic (exact) mass is 676 g/mol. The smallest absolute Gasteiger partial charge is 0.0543 e. The maximum absolute atomic E-state index is 5.04. The molecule has 0 radical (unpaired) electrons. The molecule has 52 heavy (non-hydrogen) atoms. The van der Waals surface area contributed by atoms with Crippen LogP contribution in [0.4, 0.5) is 11.4 Å². The van der Waals surface area contributed by atoms with Crippen molar-refractivity contribution in [1.82, 2.24) is 0 Å². The number of hydrogen-bond acceptors (Lipinski definition) is 2. The van der Waals surface area contributed by atoms with Crippen LogP contribution in [0.3, 0.4) is 0 Å². The summed E-state index contributed by atoms with van der Waals surface area (Å²) in [5.74, 6) is 0. The van der Waals surface area contributed by atoms with E-state index in [2.05, 4.69) is 185 Å².